The Hall–Kier alpha value is -1.90. The van der Waals surface area contributed by atoms with Crippen LogP contribution in [0.15, 0.2) is 42.7 Å². The minimum absolute atomic E-state index is 0.217. The van der Waals surface area contributed by atoms with E-state index >= 15 is 0 Å². The van der Waals surface area contributed by atoms with E-state index in [1.54, 1.807) is 4.68 Å². The highest BCUT2D eigenvalue weighted by molar-refractivity contribution is 5.95. The van der Waals surface area contributed by atoms with Gasteiger partial charge in [0.1, 0.15) is 0 Å². The first-order chi connectivity index (χ1) is 8.25. The summed E-state index contributed by atoms with van der Waals surface area (Å²) >= 11 is 0. The maximum Gasteiger partial charge on any atom is 0.162 e. The number of carbonyl (C=O) groups is 1. The van der Waals surface area contributed by atoms with E-state index in [2.05, 4.69) is 5.10 Å². The van der Waals surface area contributed by atoms with Crippen LogP contribution in [0.2, 0.25) is 0 Å². The normalized spacial score (nSPS) is 10.4. The summed E-state index contributed by atoms with van der Waals surface area (Å²) < 4.78 is 1.79. The van der Waals surface area contributed by atoms with Crippen molar-refractivity contribution in [2.45, 2.75) is 19.3 Å². The lowest BCUT2D eigenvalue weighted by Crippen LogP contribution is -1.99. The molecule has 0 radical (unpaired) electrons. The second kappa shape index (κ2) is 5.43. The predicted octanol–water partition coefficient (Wildman–Crippen LogP) is 2.63. The molecule has 1 aromatic carbocycles. The van der Waals surface area contributed by atoms with Crippen LogP contribution in [0.5, 0.6) is 0 Å². The molecule has 1 heterocycles. The Morgan fingerprint density at radius 2 is 2.06 bits per heavy atom. The zero-order valence-electron chi connectivity index (χ0n) is 9.97. The van der Waals surface area contributed by atoms with Crippen molar-refractivity contribution in [2.24, 2.45) is 7.05 Å². The molecule has 0 amide bonds. The number of rotatable bonds is 5. The van der Waals surface area contributed by atoms with E-state index in [4.69, 9.17) is 0 Å². The second-order valence-electron chi connectivity index (χ2n) is 4.17. The molecule has 0 aliphatic rings. The topological polar surface area (TPSA) is 34.9 Å². The summed E-state index contributed by atoms with van der Waals surface area (Å²) in [7, 11) is 1.90. The van der Waals surface area contributed by atoms with Crippen molar-refractivity contribution in [1.82, 2.24) is 9.78 Å². The van der Waals surface area contributed by atoms with Gasteiger partial charge in [0.25, 0.3) is 0 Å². The number of aryl methyl sites for hydroxylation is 2. The van der Waals surface area contributed by atoms with Gasteiger partial charge in [-0.05, 0) is 18.4 Å². The maximum atomic E-state index is 11.8. The van der Waals surface area contributed by atoms with Gasteiger partial charge in [-0.1, -0.05) is 30.3 Å². The Morgan fingerprint density at radius 1 is 1.29 bits per heavy atom. The Kier molecular flexibility index (Phi) is 3.70. The number of hydrogen-bond acceptors (Lipinski definition) is 2. The standard InChI is InChI=1S/C14H16N2O/c1-16-11-12(10-15-16)6-5-9-14(17)13-7-3-2-4-8-13/h2-4,7-8,10-11H,5-6,9H2,1H3. The molecule has 3 nitrogen and oxygen atoms in total. The first-order valence-electron chi connectivity index (χ1n) is 5.81. The van der Waals surface area contributed by atoms with E-state index < -0.39 is 0 Å². The molecule has 0 fully saturated rings. The molecule has 1 aromatic heterocycles. The highest BCUT2D eigenvalue weighted by Gasteiger charge is 2.05. The summed E-state index contributed by atoms with van der Waals surface area (Å²) in [5.41, 5.74) is 1.99. The Morgan fingerprint density at radius 3 is 2.71 bits per heavy atom. The third kappa shape index (κ3) is 3.28. The van der Waals surface area contributed by atoms with Gasteiger partial charge in [0.2, 0.25) is 0 Å². The number of Topliss-reactive ketones (excluding diaryl/α,β-unsaturated/α-hetero) is 1. The van der Waals surface area contributed by atoms with Gasteiger partial charge in [-0.25, -0.2) is 0 Å². The van der Waals surface area contributed by atoms with Crippen LogP contribution in [0.25, 0.3) is 0 Å². The van der Waals surface area contributed by atoms with Crippen LogP contribution in [0, 0.1) is 0 Å². The number of nitrogens with zero attached hydrogens (tertiary/aromatic N) is 2. The van der Waals surface area contributed by atoms with Crippen LogP contribution in [-0.4, -0.2) is 15.6 Å². The maximum absolute atomic E-state index is 11.8. The average molecular weight is 228 g/mol. The van der Waals surface area contributed by atoms with Gasteiger partial charge in [0.05, 0.1) is 6.20 Å². The molecule has 2 aromatic rings. The van der Waals surface area contributed by atoms with Crippen molar-refractivity contribution in [3.05, 3.63) is 53.9 Å². The molecule has 0 spiro atoms. The quantitative estimate of drug-likeness (QED) is 0.737. The van der Waals surface area contributed by atoms with E-state index in [-0.39, 0.29) is 5.78 Å². The van der Waals surface area contributed by atoms with E-state index in [1.165, 1.54) is 5.56 Å². The second-order valence-corrected chi connectivity index (χ2v) is 4.17. The minimum atomic E-state index is 0.217. The Bertz CT molecular complexity index is 488. The molecule has 2 rings (SSSR count). The number of benzene rings is 1. The first-order valence-corrected chi connectivity index (χ1v) is 5.81. The summed E-state index contributed by atoms with van der Waals surface area (Å²) in [6.07, 6.45) is 6.23. The van der Waals surface area contributed by atoms with E-state index in [9.17, 15) is 4.79 Å². The van der Waals surface area contributed by atoms with Gasteiger partial charge in [-0.2, -0.15) is 5.10 Å². The van der Waals surface area contributed by atoms with Crippen molar-refractivity contribution in [3.8, 4) is 0 Å². The van der Waals surface area contributed by atoms with Crippen LogP contribution in [0.4, 0.5) is 0 Å². The largest absolute Gasteiger partial charge is 0.294 e. The van der Waals surface area contributed by atoms with Gasteiger partial charge >= 0.3 is 0 Å². The lowest BCUT2D eigenvalue weighted by Gasteiger charge is -1.99. The Labute approximate surface area is 101 Å². The lowest BCUT2D eigenvalue weighted by atomic mass is 10.0. The molecule has 0 unspecified atom stereocenters. The number of aromatic nitrogens is 2. The fourth-order valence-electron chi connectivity index (χ4n) is 1.82. The van der Waals surface area contributed by atoms with Crippen molar-refractivity contribution in [3.63, 3.8) is 0 Å². The molecule has 0 saturated heterocycles. The molecule has 0 aliphatic heterocycles. The average Bonchev–Trinajstić information content (AvgIpc) is 2.76. The molecule has 88 valence electrons. The fraction of sp³-hybridized carbons (Fsp3) is 0.286. The van der Waals surface area contributed by atoms with Crippen LogP contribution >= 0.6 is 0 Å². The van der Waals surface area contributed by atoms with Gasteiger partial charge in [-0.3, -0.25) is 9.48 Å². The summed E-state index contributed by atoms with van der Waals surface area (Å²) in [5.74, 6) is 0.217. The predicted molar refractivity (Wildman–Crippen MR) is 66.9 cm³/mol. The third-order valence-electron chi connectivity index (χ3n) is 2.72. The zero-order valence-corrected chi connectivity index (χ0v) is 9.97. The van der Waals surface area contributed by atoms with Crippen molar-refractivity contribution in [1.29, 1.82) is 0 Å². The lowest BCUT2D eigenvalue weighted by molar-refractivity contribution is 0.0980. The van der Waals surface area contributed by atoms with Crippen molar-refractivity contribution >= 4 is 5.78 Å². The van der Waals surface area contributed by atoms with Gasteiger partial charge in [-0.15, -0.1) is 0 Å². The van der Waals surface area contributed by atoms with Crippen LogP contribution in [0.3, 0.4) is 0 Å². The molecule has 0 atom stereocenters. The zero-order chi connectivity index (χ0) is 12.1. The summed E-state index contributed by atoms with van der Waals surface area (Å²) in [4.78, 5) is 11.8. The molecule has 0 bridgehead atoms. The van der Waals surface area contributed by atoms with Crippen LogP contribution in [0.1, 0.15) is 28.8 Å². The van der Waals surface area contributed by atoms with E-state index in [0.717, 1.165) is 18.4 Å². The van der Waals surface area contributed by atoms with Gasteiger partial charge in [0, 0.05) is 25.2 Å². The molecule has 0 aliphatic carbocycles. The smallest absolute Gasteiger partial charge is 0.162 e. The van der Waals surface area contributed by atoms with Crippen LogP contribution < -0.4 is 0 Å². The van der Waals surface area contributed by atoms with E-state index in [0.29, 0.717) is 6.42 Å². The Balaban J connectivity index is 1.81. The first kappa shape index (κ1) is 11.6. The molecule has 0 saturated carbocycles. The highest BCUT2D eigenvalue weighted by atomic mass is 16.1. The van der Waals surface area contributed by atoms with E-state index in [1.807, 2.05) is 49.8 Å². The van der Waals surface area contributed by atoms with Gasteiger partial charge in [0.15, 0.2) is 5.78 Å². The summed E-state index contributed by atoms with van der Waals surface area (Å²) in [6.45, 7) is 0. The number of hydrogen-bond donors (Lipinski definition) is 0. The summed E-state index contributed by atoms with van der Waals surface area (Å²) in [6, 6.07) is 9.45. The minimum Gasteiger partial charge on any atom is -0.294 e. The monoisotopic (exact) mass is 228 g/mol. The van der Waals surface area contributed by atoms with Crippen molar-refractivity contribution < 1.29 is 4.79 Å². The van der Waals surface area contributed by atoms with Crippen molar-refractivity contribution in [2.75, 3.05) is 0 Å². The summed E-state index contributed by atoms with van der Waals surface area (Å²) in [5, 5.41) is 4.10. The molecular weight excluding hydrogens is 212 g/mol. The van der Waals surface area contributed by atoms with Crippen LogP contribution in [-0.2, 0) is 13.5 Å². The highest BCUT2D eigenvalue weighted by Crippen LogP contribution is 2.08. The van der Waals surface area contributed by atoms with Gasteiger partial charge < -0.3 is 0 Å². The molecular formula is C14H16N2O. The molecule has 0 N–H and O–H groups in total. The molecule has 17 heavy (non-hydrogen) atoms. The fourth-order valence-corrected chi connectivity index (χ4v) is 1.82. The number of carbonyl (C=O) groups excluding carboxylic acids is 1. The third-order valence-corrected chi connectivity index (χ3v) is 2.72. The SMILES string of the molecule is Cn1cc(CCCC(=O)c2ccccc2)cn1. The molecule has 3 heteroatoms. The number of ketones is 1.